The molecule has 1 rings (SSSR count). The molecule has 9 heteroatoms. The molecule has 1 aliphatic heterocycles. The van der Waals surface area contributed by atoms with Gasteiger partial charge < -0.3 is 10.6 Å². The molecular weight excluding hydrogens is 290 g/mol. The Morgan fingerprint density at radius 3 is 2.00 bits per heavy atom. The van der Waals surface area contributed by atoms with Gasteiger partial charge in [0.1, 0.15) is 0 Å². The van der Waals surface area contributed by atoms with E-state index in [1.807, 2.05) is 0 Å². The van der Waals surface area contributed by atoms with Gasteiger partial charge in [0.25, 0.3) is 0 Å². The molecule has 0 aromatic heterocycles. The number of hydrogen-bond acceptors (Lipinski definition) is 2. The first-order valence-electron chi connectivity index (χ1n) is 6.08. The van der Waals surface area contributed by atoms with Gasteiger partial charge in [0, 0.05) is 6.54 Å². The number of alkyl halides is 6. The van der Waals surface area contributed by atoms with Gasteiger partial charge in [-0.2, -0.15) is 26.3 Å². The van der Waals surface area contributed by atoms with Crippen LogP contribution < -0.4 is 10.6 Å². The van der Waals surface area contributed by atoms with Crippen molar-refractivity contribution in [2.24, 2.45) is 11.3 Å². The van der Waals surface area contributed by atoms with Crippen molar-refractivity contribution in [2.75, 3.05) is 19.6 Å². The highest BCUT2D eigenvalue weighted by molar-refractivity contribution is 5.80. The van der Waals surface area contributed by atoms with Crippen LogP contribution in [0.3, 0.4) is 0 Å². The second kappa shape index (κ2) is 5.79. The number of halogens is 6. The number of amides is 1. The molecule has 20 heavy (non-hydrogen) atoms. The summed E-state index contributed by atoms with van der Waals surface area (Å²) in [5.74, 6) is -6.01. The Morgan fingerprint density at radius 1 is 1.15 bits per heavy atom. The Kier molecular flexibility index (Phi) is 4.94. The molecule has 0 bridgehead atoms. The Balaban J connectivity index is 2.68. The third-order valence-electron chi connectivity index (χ3n) is 3.42. The zero-order valence-corrected chi connectivity index (χ0v) is 10.8. The lowest BCUT2D eigenvalue weighted by Gasteiger charge is -2.34. The molecule has 0 aromatic carbocycles. The number of rotatable bonds is 3. The Labute approximate surface area is 112 Å². The summed E-state index contributed by atoms with van der Waals surface area (Å²) in [6.45, 7) is 2.77. The maximum absolute atomic E-state index is 12.3. The van der Waals surface area contributed by atoms with Crippen LogP contribution >= 0.6 is 0 Å². The van der Waals surface area contributed by atoms with Crippen molar-refractivity contribution in [2.45, 2.75) is 32.1 Å². The van der Waals surface area contributed by atoms with E-state index in [-0.39, 0.29) is 6.54 Å². The number of piperidine rings is 1. The molecule has 0 spiro atoms. The molecule has 3 nitrogen and oxygen atoms in total. The van der Waals surface area contributed by atoms with Crippen LogP contribution in [0.15, 0.2) is 0 Å². The molecule has 0 aromatic rings. The fourth-order valence-corrected chi connectivity index (χ4v) is 2.09. The summed E-state index contributed by atoms with van der Waals surface area (Å²) in [7, 11) is 0. The number of nitrogens with one attached hydrogen (secondary N) is 2. The first-order valence-corrected chi connectivity index (χ1v) is 6.08. The second-order valence-corrected chi connectivity index (χ2v) is 5.29. The van der Waals surface area contributed by atoms with Gasteiger partial charge in [0.2, 0.25) is 11.8 Å². The van der Waals surface area contributed by atoms with Gasteiger partial charge in [0.05, 0.1) is 0 Å². The van der Waals surface area contributed by atoms with Crippen molar-refractivity contribution in [3.8, 4) is 0 Å². The zero-order valence-electron chi connectivity index (χ0n) is 10.8. The second-order valence-electron chi connectivity index (χ2n) is 5.29. The molecule has 1 fully saturated rings. The Morgan fingerprint density at radius 2 is 1.60 bits per heavy atom. The summed E-state index contributed by atoms with van der Waals surface area (Å²) in [6, 6.07) is 0. The average Bonchev–Trinajstić information content (AvgIpc) is 2.23. The molecule has 118 valence electrons. The molecule has 2 N–H and O–H groups in total. The number of carbonyl (C=O) groups is 1. The Bertz CT molecular complexity index is 332. The van der Waals surface area contributed by atoms with Crippen LogP contribution in [0.25, 0.3) is 0 Å². The Hall–Kier alpha value is -0.990. The highest BCUT2D eigenvalue weighted by Crippen LogP contribution is 2.39. The molecule has 0 radical (unpaired) electrons. The summed E-state index contributed by atoms with van der Waals surface area (Å²) >= 11 is 0. The standard InChI is InChI=1S/C11H16F6N2O/c1-9(2-4-18-5-3-9)6-19-8(20)7(10(12,13)14)11(15,16)17/h7,18H,2-6H2,1H3,(H,19,20). The molecule has 1 heterocycles. The van der Waals surface area contributed by atoms with Gasteiger partial charge in [-0.3, -0.25) is 4.79 Å². The summed E-state index contributed by atoms with van der Waals surface area (Å²) in [4.78, 5) is 11.3. The van der Waals surface area contributed by atoms with E-state index >= 15 is 0 Å². The maximum Gasteiger partial charge on any atom is 0.409 e. The van der Waals surface area contributed by atoms with Gasteiger partial charge in [-0.15, -0.1) is 0 Å². The summed E-state index contributed by atoms with van der Waals surface area (Å²) in [6.07, 6.45) is -10.1. The van der Waals surface area contributed by atoms with E-state index in [0.29, 0.717) is 25.9 Å². The molecule has 1 saturated heterocycles. The van der Waals surface area contributed by atoms with Gasteiger partial charge in [-0.25, -0.2) is 0 Å². The van der Waals surface area contributed by atoms with E-state index in [1.165, 1.54) is 0 Å². The van der Waals surface area contributed by atoms with Crippen LogP contribution in [-0.2, 0) is 4.79 Å². The number of carbonyl (C=O) groups excluding carboxylic acids is 1. The van der Waals surface area contributed by atoms with Crippen LogP contribution in [0, 0.1) is 11.3 Å². The lowest BCUT2D eigenvalue weighted by Crippen LogP contribution is -2.51. The molecular formula is C11H16F6N2O. The summed E-state index contributed by atoms with van der Waals surface area (Å²) < 4.78 is 74.0. The van der Waals surface area contributed by atoms with E-state index in [2.05, 4.69) is 5.32 Å². The fraction of sp³-hybridized carbons (Fsp3) is 0.909. The van der Waals surface area contributed by atoms with Gasteiger partial charge >= 0.3 is 12.4 Å². The minimum Gasteiger partial charge on any atom is -0.355 e. The minimum atomic E-state index is -5.64. The lowest BCUT2D eigenvalue weighted by atomic mass is 9.81. The highest BCUT2D eigenvalue weighted by Gasteiger charge is 2.61. The van der Waals surface area contributed by atoms with E-state index in [0.717, 1.165) is 0 Å². The molecule has 1 amide bonds. The van der Waals surface area contributed by atoms with Crippen LogP contribution in [0.5, 0.6) is 0 Å². The van der Waals surface area contributed by atoms with Gasteiger partial charge in [-0.05, 0) is 31.3 Å². The summed E-state index contributed by atoms with van der Waals surface area (Å²) in [5, 5.41) is 4.83. The first-order chi connectivity index (χ1) is 8.96. The maximum atomic E-state index is 12.3. The van der Waals surface area contributed by atoms with Crippen molar-refractivity contribution >= 4 is 5.91 Å². The van der Waals surface area contributed by atoms with Crippen molar-refractivity contribution in [1.82, 2.24) is 10.6 Å². The van der Waals surface area contributed by atoms with Crippen LogP contribution in [0.2, 0.25) is 0 Å². The normalized spacial score (nSPS) is 20.0. The lowest BCUT2D eigenvalue weighted by molar-refractivity contribution is -0.274. The molecule has 0 aliphatic carbocycles. The smallest absolute Gasteiger partial charge is 0.355 e. The highest BCUT2D eigenvalue weighted by atomic mass is 19.4. The third-order valence-corrected chi connectivity index (χ3v) is 3.42. The molecule has 0 unspecified atom stereocenters. The van der Waals surface area contributed by atoms with Crippen molar-refractivity contribution in [3.05, 3.63) is 0 Å². The van der Waals surface area contributed by atoms with E-state index in [9.17, 15) is 31.1 Å². The van der Waals surface area contributed by atoms with Gasteiger partial charge in [-0.1, -0.05) is 6.92 Å². The van der Waals surface area contributed by atoms with E-state index < -0.39 is 29.6 Å². The van der Waals surface area contributed by atoms with Crippen molar-refractivity contribution < 1.29 is 31.1 Å². The van der Waals surface area contributed by atoms with E-state index in [4.69, 9.17) is 0 Å². The van der Waals surface area contributed by atoms with Crippen molar-refractivity contribution in [3.63, 3.8) is 0 Å². The SMILES string of the molecule is CC1(CNC(=O)C(C(F)(F)F)C(F)(F)F)CCNCC1. The van der Waals surface area contributed by atoms with Crippen LogP contribution in [-0.4, -0.2) is 37.9 Å². The monoisotopic (exact) mass is 306 g/mol. The molecule has 1 aliphatic rings. The van der Waals surface area contributed by atoms with E-state index in [1.54, 1.807) is 12.2 Å². The van der Waals surface area contributed by atoms with Crippen LogP contribution in [0.4, 0.5) is 26.3 Å². The molecule has 0 atom stereocenters. The predicted octanol–water partition coefficient (Wildman–Crippen LogP) is 2.23. The first kappa shape index (κ1) is 17.1. The van der Waals surface area contributed by atoms with Crippen LogP contribution in [0.1, 0.15) is 19.8 Å². The quantitative estimate of drug-likeness (QED) is 0.785. The van der Waals surface area contributed by atoms with Gasteiger partial charge in [0.15, 0.2) is 0 Å². The predicted molar refractivity (Wildman–Crippen MR) is 58.8 cm³/mol. The zero-order chi connectivity index (χ0) is 15.6. The average molecular weight is 306 g/mol. The number of hydrogen-bond donors (Lipinski definition) is 2. The third kappa shape index (κ3) is 4.53. The minimum absolute atomic E-state index is 0.198. The van der Waals surface area contributed by atoms with Crippen molar-refractivity contribution in [1.29, 1.82) is 0 Å². The molecule has 0 saturated carbocycles. The fourth-order valence-electron chi connectivity index (χ4n) is 2.09. The topological polar surface area (TPSA) is 41.1 Å². The summed E-state index contributed by atoms with van der Waals surface area (Å²) in [5.41, 5.74) is -0.483. The largest absolute Gasteiger partial charge is 0.409 e.